The molecule has 22 heteroatoms. The molecule has 6 nitrogen and oxygen atoms in total. The summed E-state index contributed by atoms with van der Waals surface area (Å²) in [5, 5.41) is 6.80. The van der Waals surface area contributed by atoms with Crippen LogP contribution in [0.25, 0.3) is 22.8 Å². The van der Waals surface area contributed by atoms with Crippen molar-refractivity contribution in [1.29, 1.82) is 0 Å². The molecule has 0 aliphatic carbocycles. The average molecular weight is 1410 g/mol. The fourth-order valence-electron chi connectivity index (χ4n) is 7.78. The Bertz CT molecular complexity index is 2820. The Morgan fingerprint density at radius 2 is 0.671 bits per heavy atom. The molecule has 0 spiro atoms. The Morgan fingerprint density at radius 1 is 0.439 bits per heavy atom. The van der Waals surface area contributed by atoms with Crippen LogP contribution in [0.4, 0.5) is 26.3 Å². The molecular weight excluding hydrogens is 1330 g/mol. The molecule has 468 valence electrons. The first-order valence-corrected chi connectivity index (χ1v) is 33.3. The molecule has 0 bridgehead atoms. The van der Waals surface area contributed by atoms with Crippen molar-refractivity contribution in [3.63, 3.8) is 0 Å². The van der Waals surface area contributed by atoms with E-state index in [-0.39, 0.29) is 77.3 Å². The van der Waals surface area contributed by atoms with Crippen LogP contribution >= 0.6 is 62.2 Å². The molecule has 2 aliphatic rings. The normalized spacial score (nSPS) is 16.5. The summed E-state index contributed by atoms with van der Waals surface area (Å²) < 4.78 is 118. The molecule has 0 aromatic heterocycles. The Kier molecular flexibility index (Phi) is 32.6. The van der Waals surface area contributed by atoms with Gasteiger partial charge in [0.2, 0.25) is 0 Å². The van der Waals surface area contributed by atoms with E-state index < -0.39 is 47.1 Å². The third kappa shape index (κ3) is 26.7. The summed E-state index contributed by atoms with van der Waals surface area (Å²) >= 11 is 19.1. The van der Waals surface area contributed by atoms with E-state index in [4.69, 9.17) is 72.3 Å². The number of allylic oxidation sites excluding steroid dienone is 2. The van der Waals surface area contributed by atoms with Crippen LogP contribution < -0.4 is 10.6 Å². The minimum absolute atomic E-state index is 0. The second kappa shape index (κ2) is 32.5. The van der Waals surface area contributed by atoms with Crippen molar-refractivity contribution in [2.24, 2.45) is 10.8 Å². The predicted octanol–water partition coefficient (Wildman–Crippen LogP) is 19.3. The Labute approximate surface area is 530 Å². The molecule has 0 N–H and O–H groups in total. The fraction of sp³-hybridized carbons (Fsp3) is 0.467. The summed E-state index contributed by atoms with van der Waals surface area (Å²) in [4.78, 5) is 0. The van der Waals surface area contributed by atoms with Gasteiger partial charge in [-0.05, 0) is 91.2 Å². The topological polar surface area (TPSA) is 114 Å². The van der Waals surface area contributed by atoms with E-state index in [1.807, 2.05) is 0 Å². The molecule has 0 radical (unpaired) electrons. The minimum atomic E-state index is -6.09. The Morgan fingerprint density at radius 3 is 0.854 bits per heavy atom. The van der Waals surface area contributed by atoms with Gasteiger partial charge in [0.15, 0.2) is 20.2 Å². The summed E-state index contributed by atoms with van der Waals surface area (Å²) in [7, 11) is -13.9. The van der Waals surface area contributed by atoms with Crippen LogP contribution in [0, 0.1) is 10.8 Å². The summed E-state index contributed by atoms with van der Waals surface area (Å²) in [6, 6.07) is 31.4. The number of halogens is 10. The number of hydrogen-bond acceptors (Lipinski definition) is 6. The predicted molar refractivity (Wildman–Crippen MR) is 334 cm³/mol. The van der Waals surface area contributed by atoms with Crippen LogP contribution in [0.1, 0.15) is 169 Å². The zero-order valence-corrected chi connectivity index (χ0v) is 58.1. The molecule has 2 heterocycles. The van der Waals surface area contributed by atoms with E-state index in [2.05, 4.69) is 245 Å². The number of hydrogen-bond donors (Lipinski definition) is 0. The van der Waals surface area contributed by atoms with Gasteiger partial charge < -0.3 is 9.11 Å². The molecule has 0 fully saturated rings. The molecule has 2 unspecified atom stereocenters. The van der Waals surface area contributed by atoms with E-state index >= 15 is 0 Å². The summed E-state index contributed by atoms with van der Waals surface area (Å²) in [5.74, 6) is 5.01. The number of alkyl halides is 10. The van der Waals surface area contributed by atoms with E-state index in [1.54, 1.807) is 21.2 Å². The summed E-state index contributed by atoms with van der Waals surface area (Å²) in [6.45, 7) is 42.0. The van der Waals surface area contributed by atoms with Crippen molar-refractivity contribution >= 4 is 116 Å². The molecule has 4 aromatic carbocycles. The number of benzene rings is 4. The van der Waals surface area contributed by atoms with Gasteiger partial charge in [0, 0.05) is 11.1 Å². The van der Waals surface area contributed by atoms with Crippen molar-refractivity contribution in [2.45, 2.75) is 157 Å². The fourth-order valence-corrected chi connectivity index (χ4v) is 14.0. The van der Waals surface area contributed by atoms with E-state index in [1.165, 1.54) is 44.5 Å². The zero-order valence-electron chi connectivity index (χ0n) is 49.6. The van der Waals surface area contributed by atoms with Crippen LogP contribution in [0.5, 0.6) is 0 Å². The van der Waals surface area contributed by atoms with Crippen LogP contribution in [-0.4, -0.2) is 47.6 Å². The minimum Gasteiger partial charge on any atom is -0.741 e. The second-order valence-corrected chi connectivity index (χ2v) is 33.8. The monoisotopic (exact) mass is 1400 g/mol. The average Bonchev–Trinajstić information content (AvgIpc) is 3.26. The second-order valence-electron chi connectivity index (χ2n) is 25.1. The van der Waals surface area contributed by atoms with Crippen LogP contribution in [0.15, 0.2) is 109 Å². The summed E-state index contributed by atoms with van der Waals surface area (Å²) in [5.41, 5.74) is 1.26. The van der Waals surface area contributed by atoms with Crippen molar-refractivity contribution in [3.05, 3.63) is 153 Å². The maximum absolute atomic E-state index is 10.7. The molecule has 4 aromatic rings. The van der Waals surface area contributed by atoms with Gasteiger partial charge >= 0.3 is 45.2 Å². The summed E-state index contributed by atoms with van der Waals surface area (Å²) in [6.07, 6.45) is 9.71. The Hall–Kier alpha value is -1.70. The van der Waals surface area contributed by atoms with Crippen LogP contribution in [0.2, 0.25) is 0 Å². The van der Waals surface area contributed by atoms with Gasteiger partial charge in [0.05, 0.1) is 49.3 Å². The molecule has 82 heavy (non-hydrogen) atoms. The van der Waals surface area contributed by atoms with E-state index in [0.29, 0.717) is 0 Å². The molecule has 2 aliphatic heterocycles. The van der Waals surface area contributed by atoms with Gasteiger partial charge in [-0.25, -0.2) is 16.8 Å². The van der Waals surface area contributed by atoms with Crippen molar-refractivity contribution in [2.75, 3.05) is 10.7 Å². The van der Waals surface area contributed by atoms with Crippen molar-refractivity contribution in [1.82, 2.24) is 0 Å². The van der Waals surface area contributed by atoms with Gasteiger partial charge in [0.25, 0.3) is 0 Å². The molecule has 0 saturated heterocycles. The first kappa shape index (κ1) is 82.4. The van der Waals surface area contributed by atoms with E-state index in [9.17, 15) is 26.3 Å². The molecule has 0 saturated carbocycles. The molecule has 6 rings (SSSR count). The molecule has 0 amide bonds. The maximum atomic E-state index is 10.7. The number of rotatable bonds is 4. The third-order valence-corrected chi connectivity index (χ3v) is 17.8. The van der Waals surface area contributed by atoms with Gasteiger partial charge in [-0.3, -0.25) is 0 Å². The SMILES string of the molecule is CC(C)(C)/C=C1/c2cc(C(C)(C)C)cc(C(C)(C)C)c2[PH+]1/C=C\c1ccccc1.CC(C)(C)/C=C1/c2cc(C(C)(C)C)cc(C(C)(C)C)c2[PH+]1/C=C\c1ccccc1.ClCCl.ClCCl.O=S(=O)([O-])C(F)(F)F.O=S(=O)([O-])C(F)(F)F.[Cu+].[Cu+]. The molecule has 2 atom stereocenters. The first-order valence-electron chi connectivity index (χ1n) is 25.2. The van der Waals surface area contributed by atoms with Crippen LogP contribution in [0.3, 0.4) is 0 Å². The van der Waals surface area contributed by atoms with Gasteiger partial charge in [-0.2, -0.15) is 26.3 Å². The van der Waals surface area contributed by atoms with E-state index in [0.717, 1.165) is 0 Å². The van der Waals surface area contributed by atoms with Crippen molar-refractivity contribution < 1.29 is 86.4 Å². The Balaban J connectivity index is 0. The van der Waals surface area contributed by atoms with Crippen molar-refractivity contribution in [3.8, 4) is 0 Å². The third-order valence-electron chi connectivity index (χ3n) is 11.5. The zero-order chi connectivity index (χ0) is 62.6. The standard InChI is InChI=1S/2C28H37P.2CH2Cl2.2CHF3O3S.2Cu/c2*1-26(2,3)19-24-22-17-21(27(4,5)6)18-23(28(7,8)9)25(22)29(24)16-15-20-13-11-10-12-14-20;2*2-1-3;2*2-1(3,4)8(5,6)7;;/h2*10-19H,1-9H3;2*1H2;2*(H,5,6,7);;/q;;;;;;2*+1/b2*16-15-,24-19-;;;;;;. The van der Waals surface area contributed by atoms with Gasteiger partial charge in [-0.1, -0.05) is 197 Å². The quantitative estimate of drug-likeness (QED) is 0.0502. The smallest absolute Gasteiger partial charge is 0.741 e. The number of fused-ring (bicyclic) bond motifs is 2. The maximum Gasteiger partial charge on any atom is 1.00 e. The molecular formula is C60H80Cl4Cu2F6O6P2S2+2. The largest absolute Gasteiger partial charge is 1.00 e. The first-order chi connectivity index (χ1) is 35.9. The van der Waals surface area contributed by atoms with Gasteiger partial charge in [-0.15, -0.1) is 46.4 Å². The van der Waals surface area contributed by atoms with Crippen LogP contribution in [-0.2, 0) is 76.0 Å². The van der Waals surface area contributed by atoms with Gasteiger partial charge in [0.1, 0.15) is 21.2 Å².